The van der Waals surface area contributed by atoms with Crippen molar-refractivity contribution in [2.24, 2.45) is 0 Å². The van der Waals surface area contributed by atoms with E-state index in [-0.39, 0.29) is 5.41 Å². The molecule has 0 aliphatic heterocycles. The summed E-state index contributed by atoms with van der Waals surface area (Å²) in [6.07, 6.45) is 0. The third-order valence-electron chi connectivity index (χ3n) is 11.7. The summed E-state index contributed by atoms with van der Waals surface area (Å²) in [4.78, 5) is 0. The Morgan fingerprint density at radius 1 is 0.440 bits per heavy atom. The van der Waals surface area contributed by atoms with Crippen molar-refractivity contribution in [3.05, 3.63) is 157 Å². The van der Waals surface area contributed by atoms with Gasteiger partial charge in [-0.25, -0.2) is 0 Å². The van der Waals surface area contributed by atoms with Crippen molar-refractivity contribution in [1.82, 2.24) is 9.13 Å². The lowest BCUT2D eigenvalue weighted by Crippen LogP contribution is -2.15. The van der Waals surface area contributed by atoms with Gasteiger partial charge in [-0.15, -0.1) is 0 Å². The minimum Gasteiger partial charge on any atom is -0.440 e. The van der Waals surface area contributed by atoms with E-state index in [0.717, 1.165) is 17.2 Å². The normalized spacial score (nSPS) is 14.0. The van der Waals surface area contributed by atoms with Gasteiger partial charge in [-0.1, -0.05) is 105 Å². The van der Waals surface area contributed by atoms with Gasteiger partial charge in [0.25, 0.3) is 0 Å². The molecular weight excluding hydrogens is 609 g/mol. The number of hydrogen-bond acceptors (Lipinski definition) is 1. The SMILES string of the molecule is CC1(C)c2cc(-c3ccc(-n4c5cccc6ccc7cccc4c7c65)o3)ccc2-c2ccc(-n3c4cccc5ccc6cccc3c6c54)cc21. The molecule has 3 aromatic heterocycles. The zero-order valence-electron chi connectivity index (χ0n) is 27.7. The molecule has 11 aromatic rings. The van der Waals surface area contributed by atoms with E-state index >= 15 is 0 Å². The third-order valence-corrected chi connectivity index (χ3v) is 11.7. The van der Waals surface area contributed by atoms with E-state index in [2.05, 4.69) is 169 Å². The van der Waals surface area contributed by atoms with E-state index in [0.29, 0.717) is 0 Å². The van der Waals surface area contributed by atoms with Crippen LogP contribution in [0.1, 0.15) is 25.0 Å². The molecular formula is C47H30N2O. The van der Waals surface area contributed by atoms with Gasteiger partial charge in [0.1, 0.15) is 5.76 Å². The molecule has 0 atom stereocenters. The first-order valence-electron chi connectivity index (χ1n) is 17.4. The highest BCUT2D eigenvalue weighted by Gasteiger charge is 2.36. The van der Waals surface area contributed by atoms with Crippen molar-refractivity contribution >= 4 is 65.2 Å². The molecule has 0 saturated carbocycles. The fourth-order valence-corrected chi connectivity index (χ4v) is 9.38. The van der Waals surface area contributed by atoms with Crippen molar-refractivity contribution in [3.63, 3.8) is 0 Å². The van der Waals surface area contributed by atoms with Crippen LogP contribution in [-0.2, 0) is 5.41 Å². The summed E-state index contributed by atoms with van der Waals surface area (Å²) in [5.74, 6) is 1.71. The highest BCUT2D eigenvalue weighted by Crippen LogP contribution is 2.51. The third kappa shape index (κ3) is 3.21. The molecule has 0 amide bonds. The van der Waals surface area contributed by atoms with Crippen LogP contribution in [-0.4, -0.2) is 9.13 Å². The van der Waals surface area contributed by atoms with Crippen LogP contribution >= 0.6 is 0 Å². The number of rotatable bonds is 3. The average molecular weight is 639 g/mol. The summed E-state index contributed by atoms with van der Waals surface area (Å²) in [5.41, 5.74) is 12.3. The molecule has 1 aliphatic rings. The van der Waals surface area contributed by atoms with Gasteiger partial charge < -0.3 is 8.98 Å². The molecule has 0 radical (unpaired) electrons. The van der Waals surface area contributed by atoms with E-state index in [1.165, 1.54) is 93.1 Å². The van der Waals surface area contributed by atoms with Crippen LogP contribution in [0.4, 0.5) is 0 Å². The zero-order chi connectivity index (χ0) is 32.9. The van der Waals surface area contributed by atoms with E-state index in [1.54, 1.807) is 0 Å². The summed E-state index contributed by atoms with van der Waals surface area (Å²) in [6, 6.07) is 53.5. The number of hydrogen-bond donors (Lipinski definition) is 0. The molecule has 0 unspecified atom stereocenters. The van der Waals surface area contributed by atoms with Crippen LogP contribution < -0.4 is 0 Å². The maximum absolute atomic E-state index is 6.74. The first-order valence-corrected chi connectivity index (χ1v) is 17.4. The van der Waals surface area contributed by atoms with Crippen molar-refractivity contribution in [1.29, 1.82) is 0 Å². The first kappa shape index (κ1) is 26.6. The molecule has 0 bridgehead atoms. The predicted molar refractivity (Wildman–Crippen MR) is 208 cm³/mol. The smallest absolute Gasteiger partial charge is 0.205 e. The standard InChI is InChI=1S/C47H30N2O/c1-47(2)35-25-31(41-23-24-42(50-41)49-39-13-5-9-29-17-18-30-10-6-14-40(49)46(30)45(29)39)19-21-33(35)34-22-20-32(26-36(34)47)48-37-11-3-7-27-15-16-28-8-4-12-38(48)44(28)43(27)37/h3-26H,1-2H3. The minimum atomic E-state index is -0.182. The molecule has 50 heavy (non-hydrogen) atoms. The molecule has 0 spiro atoms. The second-order valence-corrected chi connectivity index (χ2v) is 14.6. The first-order chi connectivity index (χ1) is 24.5. The topological polar surface area (TPSA) is 23.0 Å². The average Bonchev–Trinajstić information content (AvgIpc) is 3.90. The lowest BCUT2D eigenvalue weighted by Gasteiger charge is -2.22. The number of aromatic nitrogens is 2. The molecule has 1 aliphatic carbocycles. The molecule has 234 valence electrons. The fraction of sp³-hybridized carbons (Fsp3) is 0.0638. The van der Waals surface area contributed by atoms with Crippen molar-refractivity contribution < 1.29 is 4.42 Å². The van der Waals surface area contributed by atoms with E-state index < -0.39 is 0 Å². The molecule has 12 rings (SSSR count). The van der Waals surface area contributed by atoms with Gasteiger partial charge in [-0.3, -0.25) is 4.57 Å². The van der Waals surface area contributed by atoms with Crippen LogP contribution in [0.2, 0.25) is 0 Å². The second-order valence-electron chi connectivity index (χ2n) is 14.6. The molecule has 3 heterocycles. The van der Waals surface area contributed by atoms with Crippen molar-refractivity contribution in [3.8, 4) is 34.0 Å². The summed E-state index contributed by atoms with van der Waals surface area (Å²) in [5, 5.41) is 10.4. The van der Waals surface area contributed by atoms with E-state index in [1.807, 2.05) is 0 Å². The Morgan fingerprint density at radius 2 is 0.920 bits per heavy atom. The van der Waals surface area contributed by atoms with E-state index in [4.69, 9.17) is 4.42 Å². The van der Waals surface area contributed by atoms with E-state index in [9.17, 15) is 0 Å². The van der Waals surface area contributed by atoms with Gasteiger partial charge in [0.2, 0.25) is 5.88 Å². The number of nitrogens with zero attached hydrogens (tertiary/aromatic N) is 2. The summed E-state index contributed by atoms with van der Waals surface area (Å²) in [7, 11) is 0. The zero-order valence-corrected chi connectivity index (χ0v) is 27.7. The van der Waals surface area contributed by atoms with Gasteiger partial charge in [0, 0.05) is 44.3 Å². The molecule has 0 N–H and O–H groups in total. The maximum atomic E-state index is 6.74. The van der Waals surface area contributed by atoms with Gasteiger partial charge in [0.05, 0.1) is 22.1 Å². The molecule has 8 aromatic carbocycles. The highest BCUT2D eigenvalue weighted by atomic mass is 16.4. The summed E-state index contributed by atoms with van der Waals surface area (Å²) >= 11 is 0. The van der Waals surface area contributed by atoms with Crippen molar-refractivity contribution in [2.75, 3.05) is 0 Å². The quantitative estimate of drug-likeness (QED) is 0.177. The van der Waals surface area contributed by atoms with Gasteiger partial charge >= 0.3 is 0 Å². The number of fused-ring (bicyclic) bond motifs is 3. The highest BCUT2D eigenvalue weighted by molar-refractivity contribution is 6.25. The lowest BCUT2D eigenvalue weighted by atomic mass is 9.81. The minimum absolute atomic E-state index is 0.182. The van der Waals surface area contributed by atoms with Crippen LogP contribution in [0, 0.1) is 0 Å². The fourth-order valence-electron chi connectivity index (χ4n) is 9.38. The largest absolute Gasteiger partial charge is 0.440 e. The lowest BCUT2D eigenvalue weighted by molar-refractivity contribution is 0.560. The Labute approximate surface area is 287 Å². The maximum Gasteiger partial charge on any atom is 0.205 e. The molecule has 3 heteroatoms. The second kappa shape index (κ2) is 9.02. The Kier molecular flexibility index (Phi) is 4.80. The van der Waals surface area contributed by atoms with Gasteiger partial charge in [0.15, 0.2) is 0 Å². The van der Waals surface area contributed by atoms with Crippen LogP contribution in [0.3, 0.4) is 0 Å². The monoisotopic (exact) mass is 638 g/mol. The number of furan rings is 1. The Morgan fingerprint density at radius 3 is 1.46 bits per heavy atom. The van der Waals surface area contributed by atoms with Crippen molar-refractivity contribution in [2.45, 2.75) is 19.3 Å². The van der Waals surface area contributed by atoms with Crippen LogP contribution in [0.25, 0.3) is 99.2 Å². The van der Waals surface area contributed by atoms with Crippen LogP contribution in [0.5, 0.6) is 0 Å². The van der Waals surface area contributed by atoms with Gasteiger partial charge in [-0.2, -0.15) is 0 Å². The Bertz CT molecular complexity index is 3050. The molecule has 3 nitrogen and oxygen atoms in total. The Balaban J connectivity index is 0.981. The number of benzene rings is 8. The van der Waals surface area contributed by atoms with Gasteiger partial charge in [-0.05, 0) is 92.3 Å². The Hall–Kier alpha value is -6.32. The molecule has 0 fully saturated rings. The molecule has 0 saturated heterocycles. The predicted octanol–water partition coefficient (Wildman–Crippen LogP) is 12.6. The summed E-state index contributed by atoms with van der Waals surface area (Å²) < 4.78 is 11.5. The van der Waals surface area contributed by atoms with Crippen LogP contribution in [0.15, 0.2) is 150 Å². The summed E-state index contributed by atoms with van der Waals surface area (Å²) in [6.45, 7) is 4.73.